The molecule has 1 aromatic carbocycles. The first-order chi connectivity index (χ1) is 8.44. The van der Waals surface area contributed by atoms with Crippen LogP contribution < -0.4 is 0 Å². The van der Waals surface area contributed by atoms with Crippen molar-refractivity contribution in [2.75, 3.05) is 14.1 Å². The van der Waals surface area contributed by atoms with E-state index in [1.165, 1.54) is 32.4 Å². The molecule has 0 unspecified atom stereocenters. The van der Waals surface area contributed by atoms with Crippen molar-refractivity contribution in [3.63, 3.8) is 0 Å². The fourth-order valence-corrected chi connectivity index (χ4v) is 2.40. The van der Waals surface area contributed by atoms with Crippen molar-refractivity contribution in [1.82, 2.24) is 13.5 Å². The van der Waals surface area contributed by atoms with Crippen LogP contribution in [0.1, 0.15) is 0 Å². The highest BCUT2D eigenvalue weighted by Gasteiger charge is 2.22. The molecular weight excluding hydrogens is 254 g/mol. The molecule has 2 rings (SSSR count). The van der Waals surface area contributed by atoms with Crippen LogP contribution in [-0.2, 0) is 10.2 Å². The molecule has 0 saturated carbocycles. The van der Waals surface area contributed by atoms with Gasteiger partial charge < -0.3 is 5.11 Å². The van der Waals surface area contributed by atoms with Crippen LogP contribution in [0.4, 0.5) is 0 Å². The van der Waals surface area contributed by atoms with Gasteiger partial charge in [0.05, 0.1) is 11.9 Å². The van der Waals surface area contributed by atoms with E-state index in [1.807, 2.05) is 0 Å². The minimum absolute atomic E-state index is 0.00760. The molecule has 2 aromatic rings. The van der Waals surface area contributed by atoms with E-state index < -0.39 is 10.2 Å². The lowest BCUT2D eigenvalue weighted by atomic mass is 10.1. The lowest BCUT2D eigenvalue weighted by molar-refractivity contribution is 0.476. The van der Waals surface area contributed by atoms with Crippen molar-refractivity contribution in [2.45, 2.75) is 0 Å². The first kappa shape index (κ1) is 12.6. The molecule has 0 bridgehead atoms. The number of phenols is 1. The molecule has 0 aliphatic carbocycles. The third-order valence-electron chi connectivity index (χ3n) is 2.47. The fourth-order valence-electron chi connectivity index (χ4n) is 1.51. The van der Waals surface area contributed by atoms with Gasteiger partial charge in [0.25, 0.3) is 0 Å². The highest BCUT2D eigenvalue weighted by atomic mass is 32.2. The molecule has 18 heavy (non-hydrogen) atoms. The van der Waals surface area contributed by atoms with E-state index in [0.29, 0.717) is 11.3 Å². The second kappa shape index (κ2) is 4.43. The number of aromatic nitrogens is 2. The summed E-state index contributed by atoms with van der Waals surface area (Å²) in [5.41, 5.74) is 0.738. The summed E-state index contributed by atoms with van der Waals surface area (Å²) in [7, 11) is -0.857. The molecule has 0 amide bonds. The predicted octanol–water partition coefficient (Wildman–Crippen LogP) is 0.910. The van der Waals surface area contributed by atoms with Gasteiger partial charge in [0, 0.05) is 19.7 Å². The highest BCUT2D eigenvalue weighted by Crippen LogP contribution is 2.29. The van der Waals surface area contributed by atoms with Gasteiger partial charge in [-0.25, -0.2) is 0 Å². The lowest BCUT2D eigenvalue weighted by Gasteiger charge is -2.14. The normalized spacial score (nSPS) is 11.9. The van der Waals surface area contributed by atoms with Gasteiger partial charge >= 0.3 is 10.2 Å². The molecule has 1 heterocycles. The summed E-state index contributed by atoms with van der Waals surface area (Å²) in [4.78, 5) is 0. The van der Waals surface area contributed by atoms with E-state index in [1.54, 1.807) is 18.2 Å². The topological polar surface area (TPSA) is 75.4 Å². The highest BCUT2D eigenvalue weighted by molar-refractivity contribution is 7.87. The van der Waals surface area contributed by atoms with Gasteiger partial charge in [-0.2, -0.15) is 17.8 Å². The summed E-state index contributed by atoms with van der Waals surface area (Å²) in [6, 6.07) is 8.05. The quantitative estimate of drug-likeness (QED) is 0.897. The van der Waals surface area contributed by atoms with Crippen LogP contribution in [0.5, 0.6) is 5.75 Å². The van der Waals surface area contributed by atoms with Crippen molar-refractivity contribution >= 4 is 10.2 Å². The van der Waals surface area contributed by atoms with Crippen molar-refractivity contribution in [3.8, 4) is 17.0 Å². The molecule has 1 aromatic heterocycles. The Kier molecular flexibility index (Phi) is 3.10. The molecule has 96 valence electrons. The zero-order chi connectivity index (χ0) is 13.3. The number of para-hydroxylation sites is 1. The SMILES string of the molecule is CN(C)S(=O)(=O)n1nccc1-c1ccccc1O. The van der Waals surface area contributed by atoms with Crippen LogP contribution in [-0.4, -0.2) is 41.1 Å². The Hall–Kier alpha value is -1.86. The zero-order valence-corrected chi connectivity index (χ0v) is 10.8. The summed E-state index contributed by atoms with van der Waals surface area (Å²) in [5, 5.41) is 13.6. The van der Waals surface area contributed by atoms with E-state index in [2.05, 4.69) is 5.10 Å². The monoisotopic (exact) mass is 267 g/mol. The van der Waals surface area contributed by atoms with Crippen molar-refractivity contribution in [2.24, 2.45) is 0 Å². The van der Waals surface area contributed by atoms with Crippen LogP contribution in [0.25, 0.3) is 11.3 Å². The Morgan fingerprint density at radius 2 is 1.89 bits per heavy atom. The van der Waals surface area contributed by atoms with E-state index in [-0.39, 0.29) is 5.75 Å². The summed E-state index contributed by atoms with van der Waals surface area (Å²) in [6.45, 7) is 0. The molecule has 0 fully saturated rings. The Balaban J connectivity index is 2.64. The van der Waals surface area contributed by atoms with Gasteiger partial charge in [-0.1, -0.05) is 12.1 Å². The summed E-state index contributed by atoms with van der Waals surface area (Å²) in [5.74, 6) is 0.00760. The molecule has 0 aliphatic rings. The Morgan fingerprint density at radius 3 is 2.50 bits per heavy atom. The van der Waals surface area contributed by atoms with E-state index in [9.17, 15) is 13.5 Å². The average Bonchev–Trinajstić information content (AvgIpc) is 2.78. The van der Waals surface area contributed by atoms with Crippen LogP contribution in [0.2, 0.25) is 0 Å². The minimum atomic E-state index is -3.70. The Bertz CT molecular complexity index is 662. The number of aromatic hydroxyl groups is 1. The fraction of sp³-hybridized carbons (Fsp3) is 0.182. The number of hydrogen-bond donors (Lipinski definition) is 1. The standard InChI is InChI=1S/C11H13N3O3S/c1-13(2)18(16,17)14-10(7-8-12-14)9-5-3-4-6-11(9)15/h3-8,15H,1-2H3. The molecule has 0 spiro atoms. The third kappa shape index (κ3) is 1.98. The maximum Gasteiger partial charge on any atom is 0.322 e. The molecule has 0 atom stereocenters. The summed E-state index contributed by atoms with van der Waals surface area (Å²) < 4.78 is 26.0. The first-order valence-corrected chi connectivity index (χ1v) is 6.59. The van der Waals surface area contributed by atoms with E-state index in [0.717, 1.165) is 8.39 Å². The number of rotatable bonds is 3. The first-order valence-electron chi connectivity index (χ1n) is 5.20. The molecule has 0 radical (unpaired) electrons. The molecule has 0 aliphatic heterocycles. The summed E-state index contributed by atoms with van der Waals surface area (Å²) in [6.07, 6.45) is 1.38. The van der Waals surface area contributed by atoms with E-state index in [4.69, 9.17) is 0 Å². The Labute approximate surface area is 105 Å². The second-order valence-corrected chi connectivity index (χ2v) is 5.84. The maximum atomic E-state index is 12.0. The van der Waals surface area contributed by atoms with Crippen molar-refractivity contribution in [3.05, 3.63) is 36.5 Å². The van der Waals surface area contributed by atoms with Crippen LogP contribution >= 0.6 is 0 Å². The second-order valence-electron chi connectivity index (χ2n) is 3.87. The van der Waals surface area contributed by atoms with Gasteiger partial charge in [-0.15, -0.1) is 4.09 Å². The van der Waals surface area contributed by atoms with Gasteiger partial charge in [0.1, 0.15) is 5.75 Å². The lowest BCUT2D eigenvalue weighted by Crippen LogP contribution is -2.30. The predicted molar refractivity (Wildman–Crippen MR) is 67.3 cm³/mol. The minimum Gasteiger partial charge on any atom is -0.507 e. The number of phenolic OH excluding ortho intramolecular Hbond substituents is 1. The van der Waals surface area contributed by atoms with Crippen LogP contribution in [0.15, 0.2) is 36.5 Å². The molecule has 1 N–H and O–H groups in total. The largest absolute Gasteiger partial charge is 0.507 e. The van der Waals surface area contributed by atoms with Crippen LogP contribution in [0.3, 0.4) is 0 Å². The van der Waals surface area contributed by atoms with Gasteiger partial charge in [0.15, 0.2) is 0 Å². The number of hydrogen-bond acceptors (Lipinski definition) is 4. The number of nitrogens with zero attached hydrogens (tertiary/aromatic N) is 3. The third-order valence-corrected chi connectivity index (χ3v) is 4.12. The molecule has 0 saturated heterocycles. The molecule has 6 nitrogen and oxygen atoms in total. The zero-order valence-electron chi connectivity index (χ0n) is 9.98. The van der Waals surface area contributed by atoms with Crippen molar-refractivity contribution in [1.29, 1.82) is 0 Å². The number of benzene rings is 1. The maximum absolute atomic E-state index is 12.0. The van der Waals surface area contributed by atoms with Gasteiger partial charge in [-0.3, -0.25) is 0 Å². The average molecular weight is 267 g/mol. The van der Waals surface area contributed by atoms with Gasteiger partial charge in [-0.05, 0) is 18.2 Å². The van der Waals surface area contributed by atoms with Crippen molar-refractivity contribution < 1.29 is 13.5 Å². The molecule has 7 heteroatoms. The smallest absolute Gasteiger partial charge is 0.322 e. The Morgan fingerprint density at radius 1 is 1.22 bits per heavy atom. The van der Waals surface area contributed by atoms with Gasteiger partial charge in [0.2, 0.25) is 0 Å². The molecular formula is C11H13N3O3S. The van der Waals surface area contributed by atoms with E-state index >= 15 is 0 Å². The summed E-state index contributed by atoms with van der Waals surface area (Å²) >= 11 is 0. The van der Waals surface area contributed by atoms with Crippen LogP contribution in [0, 0.1) is 0 Å².